The minimum atomic E-state index is -0.491. The Balaban J connectivity index is 1.44. The van der Waals surface area contributed by atoms with Crippen LogP contribution in [0.3, 0.4) is 0 Å². The maximum absolute atomic E-state index is 12.7. The number of morpholine rings is 1. The molecule has 3 aromatic rings. The Morgan fingerprint density at radius 3 is 2.41 bits per heavy atom. The number of nitrogens with zero attached hydrogens (tertiary/aromatic N) is 1. The molecule has 1 unspecified atom stereocenters. The number of nitrogens with one attached hydrogen (secondary N) is 1. The fraction of sp³-hybridized carbons (Fsp3) is 0.280. The lowest BCUT2D eigenvalue weighted by molar-refractivity contribution is -0.124. The van der Waals surface area contributed by atoms with Crippen molar-refractivity contribution >= 4 is 28.2 Å². The SMILES string of the molecule is CC(NC(=O)COC(=O)c1cc(-c2ccccc2)c(N2CCOCC2)s1)c1ccccc1. The van der Waals surface area contributed by atoms with Crippen molar-refractivity contribution in [3.63, 3.8) is 0 Å². The minimum Gasteiger partial charge on any atom is -0.451 e. The van der Waals surface area contributed by atoms with E-state index < -0.39 is 5.97 Å². The van der Waals surface area contributed by atoms with E-state index >= 15 is 0 Å². The highest BCUT2D eigenvalue weighted by molar-refractivity contribution is 7.18. The number of thiophene rings is 1. The number of anilines is 1. The van der Waals surface area contributed by atoms with Crippen molar-refractivity contribution in [3.8, 4) is 11.1 Å². The van der Waals surface area contributed by atoms with Gasteiger partial charge in [0.05, 0.1) is 24.3 Å². The third kappa shape index (κ3) is 5.36. The van der Waals surface area contributed by atoms with Gasteiger partial charge in [0, 0.05) is 18.7 Å². The van der Waals surface area contributed by atoms with Crippen LogP contribution in [0, 0.1) is 0 Å². The molecule has 1 aliphatic rings. The van der Waals surface area contributed by atoms with Gasteiger partial charge in [-0.2, -0.15) is 0 Å². The zero-order valence-electron chi connectivity index (χ0n) is 18.0. The van der Waals surface area contributed by atoms with E-state index in [9.17, 15) is 9.59 Å². The van der Waals surface area contributed by atoms with Crippen molar-refractivity contribution in [2.75, 3.05) is 37.8 Å². The van der Waals surface area contributed by atoms with Crippen LogP contribution in [0.2, 0.25) is 0 Å². The van der Waals surface area contributed by atoms with E-state index in [0.717, 1.165) is 34.8 Å². The molecule has 1 atom stereocenters. The van der Waals surface area contributed by atoms with Crippen molar-refractivity contribution in [2.45, 2.75) is 13.0 Å². The fourth-order valence-electron chi connectivity index (χ4n) is 3.62. The zero-order valence-corrected chi connectivity index (χ0v) is 18.8. The van der Waals surface area contributed by atoms with Gasteiger partial charge in [-0.1, -0.05) is 60.7 Å². The summed E-state index contributed by atoms with van der Waals surface area (Å²) in [6.45, 7) is 4.44. The molecule has 0 bridgehead atoms. The summed E-state index contributed by atoms with van der Waals surface area (Å²) in [7, 11) is 0. The van der Waals surface area contributed by atoms with Crippen LogP contribution >= 0.6 is 11.3 Å². The van der Waals surface area contributed by atoms with E-state index in [1.54, 1.807) is 0 Å². The molecule has 1 N–H and O–H groups in total. The Hall–Kier alpha value is -3.16. The average Bonchev–Trinajstić information content (AvgIpc) is 3.30. The number of esters is 1. The number of ether oxygens (including phenoxy) is 2. The third-order valence-electron chi connectivity index (χ3n) is 5.31. The molecule has 4 rings (SSSR count). The molecule has 1 fully saturated rings. The van der Waals surface area contributed by atoms with Gasteiger partial charge in [0.15, 0.2) is 6.61 Å². The Bertz CT molecular complexity index is 1050. The standard InChI is InChI=1S/C25H26N2O4S/c1-18(19-8-4-2-5-9-19)26-23(28)17-31-25(29)22-16-21(20-10-6-3-7-11-20)24(32-22)27-12-14-30-15-13-27/h2-11,16,18H,12-15,17H2,1H3,(H,26,28). The summed E-state index contributed by atoms with van der Waals surface area (Å²) in [5.74, 6) is -0.822. The fourth-order valence-corrected chi connectivity index (χ4v) is 4.74. The number of rotatable bonds is 7. The molecular weight excluding hydrogens is 424 g/mol. The molecule has 1 aromatic heterocycles. The number of amides is 1. The first kappa shape index (κ1) is 22.0. The molecular formula is C25H26N2O4S. The molecule has 2 aromatic carbocycles. The summed E-state index contributed by atoms with van der Waals surface area (Å²) in [6, 6.07) is 21.3. The van der Waals surface area contributed by atoms with Gasteiger partial charge in [0.25, 0.3) is 5.91 Å². The molecule has 0 spiro atoms. The summed E-state index contributed by atoms with van der Waals surface area (Å²) < 4.78 is 10.8. The van der Waals surface area contributed by atoms with Gasteiger partial charge in [0.2, 0.25) is 0 Å². The first-order chi connectivity index (χ1) is 15.6. The monoisotopic (exact) mass is 450 g/mol. The highest BCUT2D eigenvalue weighted by Gasteiger charge is 2.23. The van der Waals surface area contributed by atoms with Crippen LogP contribution in [-0.2, 0) is 14.3 Å². The minimum absolute atomic E-state index is 0.165. The predicted octanol–water partition coefficient (Wildman–Crippen LogP) is 4.29. The van der Waals surface area contributed by atoms with Crippen LogP contribution in [0.5, 0.6) is 0 Å². The van der Waals surface area contributed by atoms with Gasteiger partial charge in [-0.25, -0.2) is 4.79 Å². The summed E-state index contributed by atoms with van der Waals surface area (Å²) in [4.78, 5) is 27.8. The number of benzene rings is 2. The van der Waals surface area contributed by atoms with E-state index in [4.69, 9.17) is 9.47 Å². The van der Waals surface area contributed by atoms with Gasteiger partial charge in [-0.3, -0.25) is 4.79 Å². The van der Waals surface area contributed by atoms with Crippen molar-refractivity contribution in [1.82, 2.24) is 5.32 Å². The van der Waals surface area contributed by atoms with Crippen molar-refractivity contribution < 1.29 is 19.1 Å². The quantitative estimate of drug-likeness (QED) is 0.544. The lowest BCUT2D eigenvalue weighted by Gasteiger charge is -2.28. The number of carbonyl (C=O) groups is 2. The lowest BCUT2D eigenvalue weighted by atomic mass is 10.1. The molecule has 1 saturated heterocycles. The molecule has 166 valence electrons. The lowest BCUT2D eigenvalue weighted by Crippen LogP contribution is -2.35. The highest BCUT2D eigenvalue weighted by atomic mass is 32.1. The average molecular weight is 451 g/mol. The van der Waals surface area contributed by atoms with Crippen LogP contribution in [0.25, 0.3) is 11.1 Å². The predicted molar refractivity (Wildman–Crippen MR) is 126 cm³/mol. The topological polar surface area (TPSA) is 67.9 Å². The second kappa shape index (κ2) is 10.4. The van der Waals surface area contributed by atoms with Gasteiger partial charge >= 0.3 is 5.97 Å². The molecule has 0 radical (unpaired) electrons. The summed E-state index contributed by atoms with van der Waals surface area (Å²) in [5, 5.41) is 3.88. The molecule has 0 aliphatic carbocycles. The van der Waals surface area contributed by atoms with Crippen molar-refractivity contribution in [3.05, 3.63) is 77.2 Å². The maximum atomic E-state index is 12.7. The van der Waals surface area contributed by atoms with Crippen molar-refractivity contribution in [2.24, 2.45) is 0 Å². The van der Waals surface area contributed by atoms with Crippen molar-refractivity contribution in [1.29, 1.82) is 0 Å². The van der Waals surface area contributed by atoms with Crippen LogP contribution in [0.15, 0.2) is 66.7 Å². The van der Waals surface area contributed by atoms with Gasteiger partial charge in [-0.15, -0.1) is 11.3 Å². The molecule has 0 saturated carbocycles. The Kier molecular flexibility index (Phi) is 7.19. The first-order valence-corrected chi connectivity index (χ1v) is 11.5. The molecule has 32 heavy (non-hydrogen) atoms. The number of hydrogen-bond donors (Lipinski definition) is 1. The first-order valence-electron chi connectivity index (χ1n) is 10.6. The second-order valence-electron chi connectivity index (χ2n) is 7.57. The molecule has 7 heteroatoms. The van der Waals surface area contributed by atoms with E-state index in [1.807, 2.05) is 73.7 Å². The maximum Gasteiger partial charge on any atom is 0.348 e. The van der Waals surface area contributed by atoms with E-state index in [-0.39, 0.29) is 18.6 Å². The molecule has 1 aliphatic heterocycles. The smallest absolute Gasteiger partial charge is 0.348 e. The van der Waals surface area contributed by atoms with Crippen LogP contribution < -0.4 is 10.2 Å². The van der Waals surface area contributed by atoms with Crippen LogP contribution in [0.4, 0.5) is 5.00 Å². The van der Waals surface area contributed by atoms with Gasteiger partial charge in [0.1, 0.15) is 4.88 Å². The van der Waals surface area contributed by atoms with Crippen LogP contribution in [0.1, 0.15) is 28.2 Å². The van der Waals surface area contributed by atoms with E-state index in [1.165, 1.54) is 11.3 Å². The van der Waals surface area contributed by atoms with Gasteiger partial charge in [-0.05, 0) is 24.1 Å². The largest absolute Gasteiger partial charge is 0.451 e. The zero-order chi connectivity index (χ0) is 22.3. The van der Waals surface area contributed by atoms with Crippen LogP contribution in [-0.4, -0.2) is 44.8 Å². The molecule has 2 heterocycles. The number of hydrogen-bond acceptors (Lipinski definition) is 6. The second-order valence-corrected chi connectivity index (χ2v) is 8.60. The normalized spacial score (nSPS) is 14.6. The Labute approximate surface area is 191 Å². The summed E-state index contributed by atoms with van der Waals surface area (Å²) in [5.41, 5.74) is 3.03. The third-order valence-corrected chi connectivity index (χ3v) is 6.48. The van der Waals surface area contributed by atoms with E-state index in [2.05, 4.69) is 10.2 Å². The molecule has 1 amide bonds. The summed E-state index contributed by atoms with van der Waals surface area (Å²) in [6.07, 6.45) is 0. The van der Waals surface area contributed by atoms with E-state index in [0.29, 0.717) is 18.1 Å². The van der Waals surface area contributed by atoms with Gasteiger partial charge < -0.3 is 19.7 Å². The summed E-state index contributed by atoms with van der Waals surface area (Å²) >= 11 is 1.40. The Morgan fingerprint density at radius 1 is 1.06 bits per heavy atom. The highest BCUT2D eigenvalue weighted by Crippen LogP contribution is 2.39. The Morgan fingerprint density at radius 2 is 1.72 bits per heavy atom. The molecule has 6 nitrogen and oxygen atoms in total. The number of carbonyl (C=O) groups excluding carboxylic acids is 2.